The fourth-order valence-electron chi connectivity index (χ4n) is 2.33. The lowest BCUT2D eigenvalue weighted by molar-refractivity contribution is -0.124. The first-order chi connectivity index (χ1) is 12.3. The number of nitrogens with zero attached hydrogens (tertiary/aromatic N) is 1. The number of hydrogen-bond acceptors (Lipinski definition) is 7. The summed E-state index contributed by atoms with van der Waals surface area (Å²) in [7, 11) is -1.44. The van der Waals surface area contributed by atoms with Crippen LogP contribution in [-0.2, 0) is 29.1 Å². The molecular formula is C16H22N2O7S. The molecule has 1 atom stereocenters. The summed E-state index contributed by atoms with van der Waals surface area (Å²) in [5.74, 6) is -1.24. The monoisotopic (exact) mass is 386 g/mol. The van der Waals surface area contributed by atoms with E-state index in [2.05, 4.69) is 10.2 Å². The Balaban J connectivity index is 1.91. The number of nitrogens with one attached hydrogen (secondary N) is 1. The molecule has 144 valence electrons. The molecule has 1 aliphatic rings. The van der Waals surface area contributed by atoms with Crippen molar-refractivity contribution in [2.24, 2.45) is 0 Å². The Morgan fingerprint density at radius 2 is 2.15 bits per heavy atom. The molecule has 1 amide bonds. The molecule has 0 radical (unpaired) electrons. The van der Waals surface area contributed by atoms with Gasteiger partial charge < -0.3 is 14.8 Å². The molecule has 0 bridgehead atoms. The molecule has 0 spiro atoms. The Morgan fingerprint density at radius 3 is 2.81 bits per heavy atom. The Labute approximate surface area is 152 Å². The Kier molecular flexibility index (Phi) is 7.09. The van der Waals surface area contributed by atoms with Gasteiger partial charge in [0.1, 0.15) is 0 Å². The van der Waals surface area contributed by atoms with Gasteiger partial charge in [-0.1, -0.05) is 10.5 Å². The second-order valence-corrected chi connectivity index (χ2v) is 7.58. The molecule has 0 saturated carbocycles. The van der Waals surface area contributed by atoms with E-state index in [1.54, 1.807) is 0 Å². The third kappa shape index (κ3) is 5.24. The van der Waals surface area contributed by atoms with Crippen molar-refractivity contribution in [3.63, 3.8) is 0 Å². The summed E-state index contributed by atoms with van der Waals surface area (Å²) in [5.41, 5.74) is 0.0162. The number of carbonyl (C=O) groups is 2. The summed E-state index contributed by atoms with van der Waals surface area (Å²) in [6, 6.07) is 5.30. The lowest BCUT2D eigenvalue weighted by Gasteiger charge is -2.14. The van der Waals surface area contributed by atoms with E-state index in [4.69, 9.17) is 9.47 Å². The summed E-state index contributed by atoms with van der Waals surface area (Å²) in [4.78, 5) is 28.3. The third-order valence-electron chi connectivity index (χ3n) is 3.85. The first-order valence-electron chi connectivity index (χ1n) is 8.03. The van der Waals surface area contributed by atoms with Crippen molar-refractivity contribution >= 4 is 21.9 Å². The van der Waals surface area contributed by atoms with Crippen LogP contribution in [0.1, 0.15) is 23.2 Å². The van der Waals surface area contributed by atoms with Crippen LogP contribution in [0.4, 0.5) is 0 Å². The second kappa shape index (κ2) is 9.08. The highest BCUT2D eigenvalue weighted by Crippen LogP contribution is 2.16. The van der Waals surface area contributed by atoms with Crippen LogP contribution in [0.5, 0.6) is 0 Å². The van der Waals surface area contributed by atoms with Gasteiger partial charge in [0, 0.05) is 20.2 Å². The zero-order valence-corrected chi connectivity index (χ0v) is 15.5. The Morgan fingerprint density at radius 1 is 1.38 bits per heavy atom. The number of hydrogen-bond donors (Lipinski definition) is 1. The molecule has 9 nitrogen and oxygen atoms in total. The lowest BCUT2D eigenvalue weighted by atomic mass is 10.2. The van der Waals surface area contributed by atoms with Gasteiger partial charge in [0.05, 0.1) is 23.7 Å². The van der Waals surface area contributed by atoms with E-state index in [0.29, 0.717) is 17.6 Å². The van der Waals surface area contributed by atoms with Gasteiger partial charge in [-0.25, -0.2) is 13.2 Å². The summed E-state index contributed by atoms with van der Waals surface area (Å²) >= 11 is 0. The molecule has 0 aliphatic carbocycles. The fraction of sp³-hybridized carbons (Fsp3) is 0.500. The summed E-state index contributed by atoms with van der Waals surface area (Å²) in [5, 5.41) is 2.63. The first-order valence-corrected chi connectivity index (χ1v) is 9.47. The zero-order valence-electron chi connectivity index (χ0n) is 14.6. The van der Waals surface area contributed by atoms with Crippen molar-refractivity contribution in [2.75, 3.05) is 33.9 Å². The first kappa shape index (κ1) is 20.3. The standard InChI is InChI=1S/C16H22N2O7S/c1-18(23-2)26(21,22)14-7-3-5-12(9-14)16(20)25-11-15(19)17-10-13-6-4-8-24-13/h3,5,7,9,13H,4,6,8,10-11H2,1-2H3,(H,17,19)/t13-/m1/s1. The Hall–Kier alpha value is -2.01. The van der Waals surface area contributed by atoms with E-state index >= 15 is 0 Å². The molecule has 0 unspecified atom stereocenters. The van der Waals surface area contributed by atoms with E-state index in [1.165, 1.54) is 32.4 Å². The molecule has 10 heteroatoms. The van der Waals surface area contributed by atoms with Gasteiger partial charge in [0.25, 0.3) is 15.9 Å². The van der Waals surface area contributed by atoms with Crippen molar-refractivity contribution in [1.29, 1.82) is 0 Å². The van der Waals surface area contributed by atoms with E-state index in [0.717, 1.165) is 18.9 Å². The van der Waals surface area contributed by atoms with Gasteiger partial charge in [0.2, 0.25) is 0 Å². The predicted octanol–water partition coefficient (Wildman–Crippen LogP) is 0.321. The summed E-state index contributed by atoms with van der Waals surface area (Å²) < 4.78 is 35.4. The molecule has 1 aliphatic heterocycles. The van der Waals surface area contributed by atoms with E-state index in [-0.39, 0.29) is 16.6 Å². The molecule has 1 fully saturated rings. The summed E-state index contributed by atoms with van der Waals surface area (Å²) in [6.45, 7) is 0.598. The molecule has 1 aromatic carbocycles. The van der Waals surface area contributed by atoms with Crippen LogP contribution in [-0.4, -0.2) is 64.8 Å². The van der Waals surface area contributed by atoms with E-state index in [1.807, 2.05) is 0 Å². The maximum atomic E-state index is 12.2. The largest absolute Gasteiger partial charge is 0.452 e. The number of amides is 1. The number of sulfonamides is 1. The number of hydroxylamine groups is 1. The molecule has 1 saturated heterocycles. The second-order valence-electron chi connectivity index (χ2n) is 5.64. The molecule has 2 rings (SSSR count). The zero-order chi connectivity index (χ0) is 19.2. The minimum atomic E-state index is -3.88. The van der Waals surface area contributed by atoms with Crippen molar-refractivity contribution in [3.8, 4) is 0 Å². The molecule has 26 heavy (non-hydrogen) atoms. The number of ether oxygens (including phenoxy) is 2. The van der Waals surface area contributed by atoms with E-state index in [9.17, 15) is 18.0 Å². The number of esters is 1. The van der Waals surface area contributed by atoms with Crippen LogP contribution in [0.3, 0.4) is 0 Å². The number of carbonyl (C=O) groups excluding carboxylic acids is 2. The predicted molar refractivity (Wildman–Crippen MR) is 90.7 cm³/mol. The molecule has 0 aromatic heterocycles. The quantitative estimate of drug-likeness (QED) is 0.506. The Bertz CT molecular complexity index is 745. The van der Waals surface area contributed by atoms with Gasteiger partial charge >= 0.3 is 5.97 Å². The van der Waals surface area contributed by atoms with E-state index < -0.39 is 28.5 Å². The SMILES string of the molecule is CON(C)S(=O)(=O)c1cccc(C(=O)OCC(=O)NC[C@H]2CCCO2)c1. The van der Waals surface area contributed by atoms with Crippen LogP contribution in [0.25, 0.3) is 0 Å². The normalized spacial score (nSPS) is 17.3. The maximum absolute atomic E-state index is 12.2. The van der Waals surface area contributed by atoms with Crippen molar-refractivity contribution in [3.05, 3.63) is 29.8 Å². The maximum Gasteiger partial charge on any atom is 0.338 e. The molecule has 1 heterocycles. The molecular weight excluding hydrogens is 364 g/mol. The van der Waals surface area contributed by atoms with Crippen molar-refractivity contribution in [2.45, 2.75) is 23.8 Å². The highest BCUT2D eigenvalue weighted by molar-refractivity contribution is 7.89. The topological polar surface area (TPSA) is 111 Å². The van der Waals surface area contributed by atoms with Crippen molar-refractivity contribution in [1.82, 2.24) is 9.79 Å². The van der Waals surface area contributed by atoms with Gasteiger partial charge in [0.15, 0.2) is 6.61 Å². The van der Waals surface area contributed by atoms with Gasteiger partial charge in [-0.2, -0.15) is 0 Å². The average Bonchev–Trinajstić information content (AvgIpc) is 3.17. The van der Waals surface area contributed by atoms with Gasteiger partial charge in [-0.3, -0.25) is 9.63 Å². The van der Waals surface area contributed by atoms with Crippen LogP contribution in [0.2, 0.25) is 0 Å². The van der Waals surface area contributed by atoms with Crippen LogP contribution < -0.4 is 5.32 Å². The minimum Gasteiger partial charge on any atom is -0.452 e. The lowest BCUT2D eigenvalue weighted by Crippen LogP contribution is -2.34. The van der Waals surface area contributed by atoms with Crippen LogP contribution in [0, 0.1) is 0 Å². The van der Waals surface area contributed by atoms with Gasteiger partial charge in [-0.15, -0.1) is 0 Å². The third-order valence-corrected chi connectivity index (χ3v) is 5.52. The molecule has 1 aromatic rings. The fourth-order valence-corrected chi connectivity index (χ4v) is 3.35. The van der Waals surface area contributed by atoms with Gasteiger partial charge in [-0.05, 0) is 31.0 Å². The average molecular weight is 386 g/mol. The summed E-state index contributed by atoms with van der Waals surface area (Å²) in [6.07, 6.45) is 1.85. The van der Waals surface area contributed by atoms with Crippen LogP contribution >= 0.6 is 0 Å². The minimum absolute atomic E-state index is 0.00526. The van der Waals surface area contributed by atoms with Crippen LogP contribution in [0.15, 0.2) is 29.2 Å². The van der Waals surface area contributed by atoms with Crippen molar-refractivity contribution < 1.29 is 32.3 Å². The number of rotatable bonds is 8. The highest BCUT2D eigenvalue weighted by atomic mass is 32.2. The number of benzene rings is 1. The smallest absolute Gasteiger partial charge is 0.338 e. The molecule has 1 N–H and O–H groups in total. The highest BCUT2D eigenvalue weighted by Gasteiger charge is 2.22.